The van der Waals surface area contributed by atoms with Crippen molar-refractivity contribution in [3.63, 3.8) is 0 Å². The van der Waals surface area contributed by atoms with Crippen molar-refractivity contribution in [2.75, 3.05) is 7.11 Å². The summed E-state index contributed by atoms with van der Waals surface area (Å²) >= 11 is 0. The molecule has 3 nitrogen and oxygen atoms in total. The van der Waals surface area contributed by atoms with E-state index in [0.29, 0.717) is 11.3 Å². The normalized spacial score (nSPS) is 14.7. The van der Waals surface area contributed by atoms with Crippen molar-refractivity contribution in [3.8, 4) is 11.8 Å². The number of hydrogen-bond acceptors (Lipinski definition) is 3. The molecule has 0 amide bonds. The molecule has 1 atom stereocenters. The van der Waals surface area contributed by atoms with E-state index in [9.17, 15) is 13.2 Å². The number of rotatable bonds is 4. The lowest BCUT2D eigenvalue weighted by Gasteiger charge is -2.26. The number of halogens is 3. The minimum Gasteiger partial charge on any atom is -0.497 e. The molecule has 0 aliphatic carbocycles. The van der Waals surface area contributed by atoms with Gasteiger partial charge in [0.1, 0.15) is 5.75 Å². The molecular formula is C12H13F3N2O. The summed E-state index contributed by atoms with van der Waals surface area (Å²) in [7, 11) is 1.50. The number of ether oxygens (including phenoxy) is 1. The first kappa shape index (κ1) is 14.3. The standard InChI is InChI=1S/C12H13F3N2O/c1-11(8-16,12(13,14)15)17-7-9-3-5-10(18-2)6-4-9/h3-6,17H,7H2,1-2H3. The summed E-state index contributed by atoms with van der Waals surface area (Å²) < 4.78 is 42.8. The lowest BCUT2D eigenvalue weighted by molar-refractivity contribution is -0.174. The van der Waals surface area contributed by atoms with Crippen molar-refractivity contribution >= 4 is 0 Å². The van der Waals surface area contributed by atoms with Crippen LogP contribution in [0.5, 0.6) is 5.75 Å². The van der Waals surface area contributed by atoms with Gasteiger partial charge in [-0.1, -0.05) is 12.1 Å². The third-order valence-corrected chi connectivity index (χ3v) is 2.60. The summed E-state index contributed by atoms with van der Waals surface area (Å²) in [5.41, 5.74) is -1.91. The molecule has 0 fully saturated rings. The smallest absolute Gasteiger partial charge is 0.419 e. The van der Waals surface area contributed by atoms with Gasteiger partial charge in [-0.05, 0) is 24.6 Å². The summed E-state index contributed by atoms with van der Waals surface area (Å²) in [5, 5.41) is 10.8. The Labute approximate surface area is 103 Å². The number of nitrogens with zero attached hydrogens (tertiary/aromatic N) is 1. The molecule has 0 aliphatic rings. The molecule has 1 N–H and O–H groups in total. The van der Waals surface area contributed by atoms with Gasteiger partial charge in [0.2, 0.25) is 0 Å². The number of benzene rings is 1. The van der Waals surface area contributed by atoms with Crippen LogP contribution in [0, 0.1) is 11.3 Å². The Morgan fingerprint density at radius 2 is 1.83 bits per heavy atom. The monoisotopic (exact) mass is 258 g/mol. The average molecular weight is 258 g/mol. The first-order valence-electron chi connectivity index (χ1n) is 5.18. The maximum absolute atomic E-state index is 12.6. The molecule has 1 aromatic rings. The maximum atomic E-state index is 12.6. The molecule has 1 aromatic carbocycles. The number of nitrogens with one attached hydrogen (secondary N) is 1. The maximum Gasteiger partial charge on any atom is 0.419 e. The topological polar surface area (TPSA) is 45.0 Å². The highest BCUT2D eigenvalue weighted by molar-refractivity contribution is 5.27. The first-order chi connectivity index (χ1) is 8.32. The summed E-state index contributed by atoms with van der Waals surface area (Å²) in [6.45, 7) is 0.768. The Morgan fingerprint density at radius 1 is 1.28 bits per heavy atom. The summed E-state index contributed by atoms with van der Waals surface area (Å²) in [4.78, 5) is 0. The molecular weight excluding hydrogens is 245 g/mol. The molecule has 1 rings (SSSR count). The highest BCUT2D eigenvalue weighted by atomic mass is 19.4. The Kier molecular flexibility index (Phi) is 4.19. The second-order valence-electron chi connectivity index (χ2n) is 3.94. The SMILES string of the molecule is COc1ccc(CNC(C)(C#N)C(F)(F)F)cc1. The molecule has 18 heavy (non-hydrogen) atoms. The Balaban J connectivity index is 2.72. The lowest BCUT2D eigenvalue weighted by Crippen LogP contribution is -2.52. The van der Waals surface area contributed by atoms with Crippen molar-refractivity contribution in [3.05, 3.63) is 29.8 Å². The molecule has 0 spiro atoms. The lowest BCUT2D eigenvalue weighted by atomic mass is 10.0. The van der Waals surface area contributed by atoms with Gasteiger partial charge in [0, 0.05) is 6.54 Å². The summed E-state index contributed by atoms with van der Waals surface area (Å²) in [6, 6.07) is 7.82. The van der Waals surface area contributed by atoms with Gasteiger partial charge in [-0.15, -0.1) is 0 Å². The van der Waals surface area contributed by atoms with Crippen LogP contribution < -0.4 is 10.1 Å². The molecule has 0 aromatic heterocycles. The van der Waals surface area contributed by atoms with E-state index in [1.54, 1.807) is 24.3 Å². The van der Waals surface area contributed by atoms with Gasteiger partial charge in [0.15, 0.2) is 5.54 Å². The predicted molar refractivity (Wildman–Crippen MR) is 59.9 cm³/mol. The van der Waals surface area contributed by atoms with Crippen molar-refractivity contribution in [2.45, 2.75) is 25.2 Å². The van der Waals surface area contributed by atoms with Crippen LogP contribution in [0.3, 0.4) is 0 Å². The minimum absolute atomic E-state index is 0.0481. The minimum atomic E-state index is -4.62. The van der Waals surface area contributed by atoms with E-state index < -0.39 is 11.7 Å². The second kappa shape index (κ2) is 5.27. The van der Waals surface area contributed by atoms with Gasteiger partial charge >= 0.3 is 6.18 Å². The fraction of sp³-hybridized carbons (Fsp3) is 0.417. The first-order valence-corrected chi connectivity index (χ1v) is 5.18. The van der Waals surface area contributed by atoms with Crippen molar-refractivity contribution in [2.24, 2.45) is 0 Å². The fourth-order valence-corrected chi connectivity index (χ4v) is 1.23. The Morgan fingerprint density at radius 3 is 2.22 bits per heavy atom. The van der Waals surface area contributed by atoms with Crippen LogP contribution in [-0.2, 0) is 6.54 Å². The van der Waals surface area contributed by atoms with Crippen LogP contribution in [0.1, 0.15) is 12.5 Å². The Bertz CT molecular complexity index is 436. The van der Waals surface area contributed by atoms with Gasteiger partial charge in [0.25, 0.3) is 0 Å². The van der Waals surface area contributed by atoms with Crippen LogP contribution in [0.4, 0.5) is 13.2 Å². The second-order valence-corrected chi connectivity index (χ2v) is 3.94. The molecule has 0 aliphatic heterocycles. The average Bonchev–Trinajstić information content (AvgIpc) is 2.35. The van der Waals surface area contributed by atoms with Gasteiger partial charge in [-0.2, -0.15) is 18.4 Å². The van der Waals surface area contributed by atoms with E-state index in [4.69, 9.17) is 10.00 Å². The summed E-state index contributed by atoms with van der Waals surface area (Å²) in [6.07, 6.45) is -4.62. The third-order valence-electron chi connectivity index (χ3n) is 2.60. The van der Waals surface area contributed by atoms with Gasteiger partial charge in [-0.25, -0.2) is 0 Å². The molecule has 0 bridgehead atoms. The molecule has 0 saturated carbocycles. The van der Waals surface area contributed by atoms with Gasteiger partial charge in [0.05, 0.1) is 13.2 Å². The predicted octanol–water partition coefficient (Wildman–Crippen LogP) is 2.63. The Hall–Kier alpha value is -1.74. The van der Waals surface area contributed by atoms with Crippen LogP contribution in [0.2, 0.25) is 0 Å². The molecule has 6 heteroatoms. The van der Waals surface area contributed by atoms with Crippen molar-refractivity contribution in [1.29, 1.82) is 5.26 Å². The van der Waals surface area contributed by atoms with E-state index in [0.717, 1.165) is 6.92 Å². The zero-order chi connectivity index (χ0) is 13.8. The number of hydrogen-bond donors (Lipinski definition) is 1. The highest BCUT2D eigenvalue weighted by Crippen LogP contribution is 2.29. The van der Waals surface area contributed by atoms with Crippen LogP contribution in [-0.4, -0.2) is 18.8 Å². The summed E-state index contributed by atoms with van der Waals surface area (Å²) in [5.74, 6) is 0.623. The van der Waals surface area contributed by atoms with E-state index in [2.05, 4.69) is 5.32 Å². The van der Waals surface area contributed by atoms with E-state index in [-0.39, 0.29) is 6.54 Å². The van der Waals surface area contributed by atoms with Crippen LogP contribution in [0.15, 0.2) is 24.3 Å². The quantitative estimate of drug-likeness (QED) is 0.903. The van der Waals surface area contributed by atoms with E-state index in [1.807, 2.05) is 0 Å². The van der Waals surface area contributed by atoms with Gasteiger partial charge in [-0.3, -0.25) is 5.32 Å². The number of methoxy groups -OCH3 is 1. The number of alkyl halides is 3. The van der Waals surface area contributed by atoms with Crippen LogP contribution >= 0.6 is 0 Å². The highest BCUT2D eigenvalue weighted by Gasteiger charge is 2.51. The molecule has 98 valence electrons. The zero-order valence-electron chi connectivity index (χ0n) is 10.0. The van der Waals surface area contributed by atoms with E-state index >= 15 is 0 Å². The van der Waals surface area contributed by atoms with Gasteiger partial charge < -0.3 is 4.74 Å². The molecule has 0 heterocycles. The largest absolute Gasteiger partial charge is 0.497 e. The molecule has 1 unspecified atom stereocenters. The number of nitriles is 1. The van der Waals surface area contributed by atoms with Crippen molar-refractivity contribution < 1.29 is 17.9 Å². The van der Waals surface area contributed by atoms with E-state index in [1.165, 1.54) is 13.2 Å². The molecule has 0 radical (unpaired) electrons. The third kappa shape index (κ3) is 3.14. The molecule has 0 saturated heterocycles. The zero-order valence-corrected chi connectivity index (χ0v) is 10.0. The fourth-order valence-electron chi connectivity index (χ4n) is 1.23. The van der Waals surface area contributed by atoms with Crippen molar-refractivity contribution in [1.82, 2.24) is 5.32 Å². The van der Waals surface area contributed by atoms with Crippen LogP contribution in [0.25, 0.3) is 0 Å².